The summed E-state index contributed by atoms with van der Waals surface area (Å²) < 4.78 is 27.7. The number of benzene rings is 2. The SMILES string of the molecule is Cc1cc(Cl)ccc1NC(=O)CN1C(=O)CSc2ccc(S(=O)(=O)N3CCCCC3)cc21. The summed E-state index contributed by atoms with van der Waals surface area (Å²) in [4.78, 5) is 27.7. The van der Waals surface area contributed by atoms with E-state index in [1.165, 1.54) is 27.0 Å². The Balaban J connectivity index is 1.59. The zero-order chi connectivity index (χ0) is 22.9. The second-order valence-corrected chi connectivity index (χ2v) is 11.3. The number of thioether (sulfide) groups is 1. The summed E-state index contributed by atoms with van der Waals surface area (Å²) in [5.74, 6) is -0.415. The van der Waals surface area contributed by atoms with Crippen LogP contribution in [0, 0.1) is 6.92 Å². The van der Waals surface area contributed by atoms with Gasteiger partial charge in [-0.05, 0) is 61.7 Å². The highest BCUT2D eigenvalue weighted by molar-refractivity contribution is 8.00. The molecule has 2 aromatic rings. The molecule has 32 heavy (non-hydrogen) atoms. The molecule has 0 aliphatic carbocycles. The lowest BCUT2D eigenvalue weighted by atomic mass is 10.2. The Labute approximate surface area is 197 Å². The fourth-order valence-corrected chi connectivity index (χ4v) is 6.55. The van der Waals surface area contributed by atoms with Gasteiger partial charge in [0.2, 0.25) is 21.8 Å². The maximum atomic E-state index is 13.1. The lowest BCUT2D eigenvalue weighted by Crippen LogP contribution is -2.41. The Morgan fingerprint density at radius 1 is 1.12 bits per heavy atom. The summed E-state index contributed by atoms with van der Waals surface area (Å²) in [6.07, 6.45) is 2.71. The molecule has 4 rings (SSSR count). The van der Waals surface area contributed by atoms with Gasteiger partial charge in [-0.3, -0.25) is 9.59 Å². The van der Waals surface area contributed by atoms with Crippen molar-refractivity contribution in [2.45, 2.75) is 36.0 Å². The van der Waals surface area contributed by atoms with Gasteiger partial charge in [-0.25, -0.2) is 8.42 Å². The van der Waals surface area contributed by atoms with E-state index < -0.39 is 10.0 Å². The normalized spacial score (nSPS) is 17.2. The second-order valence-electron chi connectivity index (χ2n) is 7.87. The van der Waals surface area contributed by atoms with Gasteiger partial charge in [0.1, 0.15) is 6.54 Å². The van der Waals surface area contributed by atoms with Gasteiger partial charge >= 0.3 is 0 Å². The maximum Gasteiger partial charge on any atom is 0.244 e. The fraction of sp³-hybridized carbons (Fsp3) is 0.364. The number of amides is 2. The number of rotatable bonds is 5. The average molecular weight is 494 g/mol. The molecule has 0 spiro atoms. The largest absolute Gasteiger partial charge is 0.324 e. The molecule has 10 heteroatoms. The fourth-order valence-electron chi connectivity index (χ4n) is 3.87. The van der Waals surface area contributed by atoms with Gasteiger partial charge in [-0.15, -0.1) is 11.8 Å². The monoisotopic (exact) mass is 493 g/mol. The van der Waals surface area contributed by atoms with E-state index in [1.54, 1.807) is 30.3 Å². The number of halogens is 1. The van der Waals surface area contributed by atoms with Gasteiger partial charge in [0.25, 0.3) is 0 Å². The number of anilines is 2. The number of carbonyl (C=O) groups is 2. The molecule has 0 atom stereocenters. The Hall–Kier alpha value is -2.07. The van der Waals surface area contributed by atoms with Gasteiger partial charge in [0.05, 0.1) is 16.3 Å². The van der Waals surface area contributed by atoms with Crippen molar-refractivity contribution in [3.05, 3.63) is 47.0 Å². The number of hydrogen-bond acceptors (Lipinski definition) is 5. The van der Waals surface area contributed by atoms with Gasteiger partial charge in [0.15, 0.2) is 0 Å². The lowest BCUT2D eigenvalue weighted by molar-refractivity contribution is -0.120. The average Bonchev–Trinajstić information content (AvgIpc) is 2.78. The van der Waals surface area contributed by atoms with Crippen molar-refractivity contribution in [2.24, 2.45) is 0 Å². The van der Waals surface area contributed by atoms with Crippen molar-refractivity contribution in [2.75, 3.05) is 35.6 Å². The number of piperidine rings is 1. The predicted octanol–water partition coefficient (Wildman–Crippen LogP) is 3.90. The maximum absolute atomic E-state index is 13.1. The van der Waals surface area contributed by atoms with Crippen molar-refractivity contribution in [3.8, 4) is 0 Å². The molecule has 0 saturated carbocycles. The van der Waals surface area contributed by atoms with Gasteiger partial charge < -0.3 is 10.2 Å². The lowest BCUT2D eigenvalue weighted by Gasteiger charge is -2.30. The minimum atomic E-state index is -3.65. The molecule has 0 bridgehead atoms. The summed E-state index contributed by atoms with van der Waals surface area (Å²) in [5, 5.41) is 3.38. The van der Waals surface area contributed by atoms with E-state index in [9.17, 15) is 18.0 Å². The second kappa shape index (κ2) is 9.43. The van der Waals surface area contributed by atoms with E-state index in [2.05, 4.69) is 5.32 Å². The molecule has 2 heterocycles. The summed E-state index contributed by atoms with van der Waals surface area (Å²) in [5.41, 5.74) is 1.87. The molecule has 0 aromatic heterocycles. The van der Waals surface area contributed by atoms with Crippen molar-refractivity contribution < 1.29 is 18.0 Å². The molecule has 7 nitrogen and oxygen atoms in total. The molecule has 2 aliphatic rings. The quantitative estimate of drug-likeness (QED) is 0.682. The van der Waals surface area contributed by atoms with Crippen LogP contribution >= 0.6 is 23.4 Å². The third-order valence-corrected chi connectivity index (χ3v) is 8.77. The molecule has 1 N–H and O–H groups in total. The molecule has 2 amide bonds. The zero-order valence-electron chi connectivity index (χ0n) is 17.6. The van der Waals surface area contributed by atoms with Crippen LogP contribution in [-0.4, -0.2) is 49.9 Å². The van der Waals surface area contributed by atoms with Crippen molar-refractivity contribution in [3.63, 3.8) is 0 Å². The summed E-state index contributed by atoms with van der Waals surface area (Å²) >= 11 is 7.32. The van der Waals surface area contributed by atoms with Crippen LogP contribution in [0.25, 0.3) is 0 Å². The first-order chi connectivity index (χ1) is 15.3. The molecule has 1 fully saturated rings. The van der Waals surface area contributed by atoms with E-state index in [-0.39, 0.29) is 29.0 Å². The molecule has 0 unspecified atom stereocenters. The highest BCUT2D eigenvalue weighted by Gasteiger charge is 2.31. The van der Waals surface area contributed by atoms with Crippen LogP contribution in [0.4, 0.5) is 11.4 Å². The van der Waals surface area contributed by atoms with Crippen LogP contribution in [0.15, 0.2) is 46.2 Å². The number of nitrogens with zero attached hydrogens (tertiary/aromatic N) is 2. The minimum Gasteiger partial charge on any atom is -0.324 e. The van der Waals surface area contributed by atoms with Crippen LogP contribution in [0.1, 0.15) is 24.8 Å². The molecular weight excluding hydrogens is 470 g/mol. The topological polar surface area (TPSA) is 86.8 Å². The van der Waals surface area contributed by atoms with Crippen molar-refractivity contribution in [1.29, 1.82) is 0 Å². The van der Waals surface area contributed by atoms with Gasteiger partial charge in [-0.2, -0.15) is 4.31 Å². The molecule has 2 aliphatic heterocycles. The summed E-state index contributed by atoms with van der Waals surface area (Å²) in [6, 6.07) is 9.95. The first kappa shape index (κ1) is 23.1. The van der Waals surface area contributed by atoms with Crippen LogP contribution in [0.5, 0.6) is 0 Å². The van der Waals surface area contributed by atoms with E-state index in [1.807, 2.05) is 6.92 Å². The Bertz CT molecular complexity index is 1160. The molecule has 2 aromatic carbocycles. The number of nitrogens with one attached hydrogen (secondary N) is 1. The number of fused-ring (bicyclic) bond motifs is 1. The smallest absolute Gasteiger partial charge is 0.244 e. The Morgan fingerprint density at radius 2 is 1.88 bits per heavy atom. The molecule has 170 valence electrons. The zero-order valence-corrected chi connectivity index (χ0v) is 20.0. The third kappa shape index (κ3) is 4.80. The van der Waals surface area contributed by atoms with Crippen LogP contribution < -0.4 is 10.2 Å². The highest BCUT2D eigenvalue weighted by Crippen LogP contribution is 2.37. The number of sulfonamides is 1. The van der Waals surface area contributed by atoms with Crippen LogP contribution in [0.2, 0.25) is 5.02 Å². The van der Waals surface area contributed by atoms with Crippen LogP contribution in [0.3, 0.4) is 0 Å². The van der Waals surface area contributed by atoms with E-state index in [0.717, 1.165) is 29.7 Å². The third-order valence-electron chi connectivity index (χ3n) is 5.59. The highest BCUT2D eigenvalue weighted by atomic mass is 35.5. The summed E-state index contributed by atoms with van der Waals surface area (Å²) in [6.45, 7) is 2.62. The van der Waals surface area contributed by atoms with Crippen molar-refractivity contribution in [1.82, 2.24) is 4.31 Å². The number of aryl methyl sites for hydroxylation is 1. The number of carbonyl (C=O) groups excluding carboxylic acids is 2. The van der Waals surface area contributed by atoms with Crippen molar-refractivity contribution >= 4 is 56.6 Å². The molecule has 1 saturated heterocycles. The van der Waals surface area contributed by atoms with Gasteiger partial charge in [0, 0.05) is 28.7 Å². The first-order valence-electron chi connectivity index (χ1n) is 10.4. The van der Waals surface area contributed by atoms with Gasteiger partial charge in [-0.1, -0.05) is 18.0 Å². The van der Waals surface area contributed by atoms with E-state index in [4.69, 9.17) is 11.6 Å². The molecular formula is C22H24ClN3O4S2. The minimum absolute atomic E-state index is 0.146. The molecule has 0 radical (unpaired) electrons. The Kier molecular flexibility index (Phi) is 6.80. The number of hydrogen-bond donors (Lipinski definition) is 1. The Morgan fingerprint density at radius 3 is 2.59 bits per heavy atom. The van der Waals surface area contributed by atoms with E-state index in [0.29, 0.717) is 29.5 Å². The summed E-state index contributed by atoms with van der Waals surface area (Å²) in [7, 11) is -3.65. The van der Waals surface area contributed by atoms with Crippen LogP contribution in [-0.2, 0) is 19.6 Å². The standard InChI is InChI=1S/C22H24ClN3O4S2/c1-15-11-16(23)5-7-18(15)24-21(27)13-26-19-12-17(6-8-20(19)31-14-22(26)28)32(29,30)25-9-3-2-4-10-25/h5-8,11-12H,2-4,9-10,13-14H2,1H3,(H,24,27). The van der Waals surface area contributed by atoms with E-state index >= 15 is 0 Å². The first-order valence-corrected chi connectivity index (χ1v) is 13.2. The predicted molar refractivity (Wildman–Crippen MR) is 127 cm³/mol.